The number of aryl methyl sites for hydroxylation is 2. The van der Waals surface area contributed by atoms with Crippen molar-refractivity contribution in [3.63, 3.8) is 0 Å². The molecule has 0 unspecified atom stereocenters. The largest absolute Gasteiger partial charge is 0.436 e. The van der Waals surface area contributed by atoms with Gasteiger partial charge in [-0.1, -0.05) is 6.42 Å². The second-order valence-corrected chi connectivity index (χ2v) is 6.20. The number of amides is 1. The number of rotatable bonds is 5. The standard InChI is InChI=1S/C17H23N5O2/c1-11-15(20-16(23)14-7-3-5-12(14)9-18)17(22(2)21-11)24-13-6-4-8-19-10-13/h4,6,8,10,12,14H,3,5,7,9,18H2,1-2H3,(H,20,23)/t12-,14-/m1/s1. The highest BCUT2D eigenvalue weighted by Gasteiger charge is 2.33. The van der Waals surface area contributed by atoms with Crippen LogP contribution in [0.3, 0.4) is 0 Å². The number of hydrogen-bond donors (Lipinski definition) is 2. The van der Waals surface area contributed by atoms with E-state index in [9.17, 15) is 4.79 Å². The van der Waals surface area contributed by atoms with Gasteiger partial charge in [0.15, 0.2) is 0 Å². The summed E-state index contributed by atoms with van der Waals surface area (Å²) in [4.78, 5) is 16.7. The lowest BCUT2D eigenvalue weighted by atomic mass is 9.95. The average molecular weight is 329 g/mol. The van der Waals surface area contributed by atoms with Gasteiger partial charge >= 0.3 is 0 Å². The lowest BCUT2D eigenvalue weighted by Gasteiger charge is -2.17. The molecule has 0 saturated heterocycles. The van der Waals surface area contributed by atoms with E-state index < -0.39 is 0 Å². The first-order valence-electron chi connectivity index (χ1n) is 8.22. The Morgan fingerprint density at radius 3 is 3.04 bits per heavy atom. The van der Waals surface area contributed by atoms with Crippen LogP contribution in [-0.2, 0) is 11.8 Å². The van der Waals surface area contributed by atoms with Gasteiger partial charge in [-0.25, -0.2) is 4.68 Å². The minimum Gasteiger partial charge on any atom is -0.436 e. The summed E-state index contributed by atoms with van der Waals surface area (Å²) in [5.41, 5.74) is 7.11. The predicted octanol–water partition coefficient (Wildman–Crippen LogP) is 2.23. The van der Waals surface area contributed by atoms with Crippen molar-refractivity contribution in [1.29, 1.82) is 0 Å². The summed E-state index contributed by atoms with van der Waals surface area (Å²) in [7, 11) is 1.78. The molecule has 7 heteroatoms. The van der Waals surface area contributed by atoms with Gasteiger partial charge in [0.1, 0.15) is 11.4 Å². The zero-order chi connectivity index (χ0) is 17.1. The molecule has 0 radical (unpaired) electrons. The highest BCUT2D eigenvalue weighted by atomic mass is 16.5. The first kappa shape index (κ1) is 16.4. The number of carbonyl (C=O) groups excluding carboxylic acids is 1. The van der Waals surface area contributed by atoms with Crippen LogP contribution < -0.4 is 15.8 Å². The molecular weight excluding hydrogens is 306 g/mol. The molecule has 1 aliphatic rings. The van der Waals surface area contributed by atoms with Crippen molar-refractivity contribution in [1.82, 2.24) is 14.8 Å². The molecule has 1 fully saturated rings. The molecule has 1 aliphatic carbocycles. The van der Waals surface area contributed by atoms with Gasteiger partial charge in [0.25, 0.3) is 0 Å². The second kappa shape index (κ2) is 7.00. The Bertz CT molecular complexity index is 713. The Morgan fingerprint density at radius 2 is 2.33 bits per heavy atom. The topological polar surface area (TPSA) is 95.1 Å². The van der Waals surface area contributed by atoms with Crippen LogP contribution in [0.25, 0.3) is 0 Å². The van der Waals surface area contributed by atoms with E-state index in [1.54, 1.807) is 30.2 Å². The van der Waals surface area contributed by atoms with Gasteiger partial charge < -0.3 is 15.8 Å². The summed E-state index contributed by atoms with van der Waals surface area (Å²) < 4.78 is 7.49. The molecule has 0 spiro atoms. The summed E-state index contributed by atoms with van der Waals surface area (Å²) >= 11 is 0. The molecule has 2 aromatic rings. The summed E-state index contributed by atoms with van der Waals surface area (Å²) in [5, 5.41) is 7.36. The predicted molar refractivity (Wildman–Crippen MR) is 90.8 cm³/mol. The van der Waals surface area contributed by atoms with E-state index in [0.717, 1.165) is 19.3 Å². The molecule has 2 heterocycles. The Balaban J connectivity index is 1.81. The van der Waals surface area contributed by atoms with Crippen LogP contribution in [0.1, 0.15) is 25.0 Å². The Morgan fingerprint density at radius 1 is 1.50 bits per heavy atom. The molecule has 1 saturated carbocycles. The maximum atomic E-state index is 12.7. The van der Waals surface area contributed by atoms with E-state index in [0.29, 0.717) is 29.6 Å². The van der Waals surface area contributed by atoms with Crippen LogP contribution in [0, 0.1) is 18.8 Å². The number of nitrogens with one attached hydrogen (secondary N) is 1. The molecule has 2 aromatic heterocycles. The molecule has 2 atom stereocenters. The first-order valence-corrected chi connectivity index (χ1v) is 8.22. The van der Waals surface area contributed by atoms with E-state index in [1.807, 2.05) is 13.0 Å². The molecule has 3 N–H and O–H groups in total. The highest BCUT2D eigenvalue weighted by molar-refractivity contribution is 5.94. The first-order chi connectivity index (χ1) is 11.6. The van der Waals surface area contributed by atoms with Crippen molar-refractivity contribution < 1.29 is 9.53 Å². The molecule has 24 heavy (non-hydrogen) atoms. The van der Waals surface area contributed by atoms with Crippen LogP contribution in [0.2, 0.25) is 0 Å². The number of hydrogen-bond acceptors (Lipinski definition) is 5. The number of aromatic nitrogens is 3. The van der Waals surface area contributed by atoms with Gasteiger partial charge in [-0.3, -0.25) is 9.78 Å². The third-order valence-corrected chi connectivity index (χ3v) is 4.57. The van der Waals surface area contributed by atoms with Crippen molar-refractivity contribution in [3.05, 3.63) is 30.2 Å². The average Bonchev–Trinajstić information content (AvgIpc) is 3.15. The van der Waals surface area contributed by atoms with Crippen molar-refractivity contribution in [3.8, 4) is 11.6 Å². The van der Waals surface area contributed by atoms with Gasteiger partial charge in [-0.05, 0) is 44.4 Å². The second-order valence-electron chi connectivity index (χ2n) is 6.20. The molecule has 1 amide bonds. The summed E-state index contributed by atoms with van der Waals surface area (Å²) in [6.45, 7) is 2.39. The van der Waals surface area contributed by atoms with Crippen LogP contribution in [0.15, 0.2) is 24.5 Å². The van der Waals surface area contributed by atoms with Gasteiger partial charge in [0.05, 0.1) is 11.9 Å². The van der Waals surface area contributed by atoms with Gasteiger partial charge in [0.2, 0.25) is 11.8 Å². The lowest BCUT2D eigenvalue weighted by Crippen LogP contribution is -2.30. The molecule has 7 nitrogen and oxygen atoms in total. The van der Waals surface area contributed by atoms with Crippen LogP contribution in [0.4, 0.5) is 5.69 Å². The minimum absolute atomic E-state index is 0.00455. The van der Waals surface area contributed by atoms with Gasteiger partial charge in [0, 0.05) is 19.2 Å². The minimum atomic E-state index is -0.0409. The van der Waals surface area contributed by atoms with Crippen molar-refractivity contribution in [2.75, 3.05) is 11.9 Å². The van der Waals surface area contributed by atoms with Crippen LogP contribution in [0.5, 0.6) is 11.6 Å². The summed E-state index contributed by atoms with van der Waals surface area (Å²) in [6.07, 6.45) is 6.24. The Labute approximate surface area is 141 Å². The highest BCUT2D eigenvalue weighted by Crippen LogP contribution is 2.35. The Hall–Kier alpha value is -2.41. The monoisotopic (exact) mass is 329 g/mol. The SMILES string of the molecule is Cc1nn(C)c(Oc2cccnc2)c1NC(=O)[C@@H]1CCC[C@@H]1CN. The van der Waals surface area contributed by atoms with Gasteiger partial charge in [-0.15, -0.1) is 0 Å². The van der Waals surface area contributed by atoms with E-state index in [1.165, 1.54) is 0 Å². The van der Waals surface area contributed by atoms with E-state index in [2.05, 4.69) is 15.4 Å². The Kier molecular flexibility index (Phi) is 4.80. The van der Waals surface area contributed by atoms with E-state index in [4.69, 9.17) is 10.5 Å². The fourth-order valence-corrected chi connectivity index (χ4v) is 3.30. The van der Waals surface area contributed by atoms with E-state index in [-0.39, 0.29) is 17.7 Å². The smallest absolute Gasteiger partial charge is 0.241 e. The number of carbonyl (C=O) groups is 1. The molecule has 3 rings (SSSR count). The molecule has 0 aliphatic heterocycles. The maximum absolute atomic E-state index is 12.7. The summed E-state index contributed by atoms with van der Waals surface area (Å²) in [5.74, 6) is 1.30. The van der Waals surface area contributed by atoms with Crippen molar-refractivity contribution in [2.24, 2.45) is 24.6 Å². The number of ether oxygens (including phenoxy) is 1. The number of pyridine rings is 1. The number of nitrogens with two attached hydrogens (primary N) is 1. The fraction of sp³-hybridized carbons (Fsp3) is 0.471. The third kappa shape index (κ3) is 3.26. The zero-order valence-corrected chi connectivity index (χ0v) is 14.0. The maximum Gasteiger partial charge on any atom is 0.241 e. The molecule has 128 valence electrons. The van der Waals surface area contributed by atoms with Crippen molar-refractivity contribution in [2.45, 2.75) is 26.2 Å². The molecular formula is C17H23N5O2. The van der Waals surface area contributed by atoms with Crippen LogP contribution in [-0.4, -0.2) is 27.2 Å². The van der Waals surface area contributed by atoms with Gasteiger partial charge in [-0.2, -0.15) is 5.10 Å². The quantitative estimate of drug-likeness (QED) is 0.877. The zero-order valence-electron chi connectivity index (χ0n) is 14.0. The normalized spacial score (nSPS) is 20.1. The summed E-state index contributed by atoms with van der Waals surface area (Å²) in [6, 6.07) is 3.60. The van der Waals surface area contributed by atoms with Crippen LogP contribution >= 0.6 is 0 Å². The molecule has 0 bridgehead atoms. The number of nitrogens with zero attached hydrogens (tertiary/aromatic N) is 3. The lowest BCUT2D eigenvalue weighted by molar-refractivity contribution is -0.120. The fourth-order valence-electron chi connectivity index (χ4n) is 3.30. The van der Waals surface area contributed by atoms with Crippen molar-refractivity contribution >= 4 is 11.6 Å². The molecule has 0 aromatic carbocycles. The third-order valence-electron chi connectivity index (χ3n) is 4.57. The van der Waals surface area contributed by atoms with E-state index >= 15 is 0 Å². The number of anilines is 1.